The van der Waals surface area contributed by atoms with Crippen LogP contribution in [0.1, 0.15) is 39.9 Å². The molecule has 2 aromatic carbocycles. The van der Waals surface area contributed by atoms with E-state index in [9.17, 15) is 9.59 Å². The molecule has 3 rings (SSSR count). The highest BCUT2D eigenvalue weighted by molar-refractivity contribution is 6.30. The SMILES string of the molecule is Cc1ccc(C(=O)NNC(=O)C2(c3ccc(Cl)cc3)CC2)c(C)c1. The highest BCUT2D eigenvalue weighted by atomic mass is 35.5. The normalized spacial score (nSPS) is 14.8. The molecule has 1 aliphatic rings. The third-order valence-corrected chi connectivity index (χ3v) is 4.75. The first-order valence-corrected chi connectivity index (χ1v) is 8.24. The van der Waals surface area contributed by atoms with Crippen molar-refractivity contribution in [3.05, 3.63) is 69.7 Å². The van der Waals surface area contributed by atoms with Crippen molar-refractivity contribution in [2.75, 3.05) is 0 Å². The van der Waals surface area contributed by atoms with Crippen LogP contribution in [0.25, 0.3) is 0 Å². The molecule has 0 saturated heterocycles. The van der Waals surface area contributed by atoms with Gasteiger partial charge in [-0.1, -0.05) is 41.4 Å². The zero-order valence-electron chi connectivity index (χ0n) is 13.7. The minimum Gasteiger partial charge on any atom is -0.272 e. The Morgan fingerprint density at radius 2 is 1.67 bits per heavy atom. The Morgan fingerprint density at radius 3 is 2.25 bits per heavy atom. The van der Waals surface area contributed by atoms with Crippen LogP contribution in [0.3, 0.4) is 0 Å². The number of carbonyl (C=O) groups is 2. The highest BCUT2D eigenvalue weighted by Gasteiger charge is 2.51. The Balaban J connectivity index is 1.67. The molecule has 0 unspecified atom stereocenters. The summed E-state index contributed by atoms with van der Waals surface area (Å²) in [7, 11) is 0. The first-order chi connectivity index (χ1) is 11.4. The number of hydrogen-bond donors (Lipinski definition) is 2. The summed E-state index contributed by atoms with van der Waals surface area (Å²) in [4.78, 5) is 24.8. The molecule has 2 aromatic rings. The van der Waals surface area contributed by atoms with E-state index in [2.05, 4.69) is 10.9 Å². The molecule has 2 N–H and O–H groups in total. The number of rotatable bonds is 3. The zero-order chi connectivity index (χ0) is 17.3. The molecule has 24 heavy (non-hydrogen) atoms. The lowest BCUT2D eigenvalue weighted by Crippen LogP contribution is -2.46. The number of halogens is 1. The topological polar surface area (TPSA) is 58.2 Å². The lowest BCUT2D eigenvalue weighted by atomic mass is 9.95. The molecule has 0 aliphatic heterocycles. The van der Waals surface area contributed by atoms with Crippen LogP contribution in [0.5, 0.6) is 0 Å². The smallest absolute Gasteiger partial charge is 0.269 e. The van der Waals surface area contributed by atoms with E-state index in [1.54, 1.807) is 18.2 Å². The van der Waals surface area contributed by atoms with Gasteiger partial charge >= 0.3 is 0 Å². The molecule has 1 saturated carbocycles. The second-order valence-electron chi connectivity index (χ2n) is 6.32. The lowest BCUT2D eigenvalue weighted by Gasteiger charge is -2.17. The fraction of sp³-hybridized carbons (Fsp3) is 0.263. The summed E-state index contributed by atoms with van der Waals surface area (Å²) >= 11 is 5.90. The second-order valence-corrected chi connectivity index (χ2v) is 6.75. The molecular formula is C19H19ClN2O2. The summed E-state index contributed by atoms with van der Waals surface area (Å²) in [6.45, 7) is 3.85. The number of carbonyl (C=O) groups excluding carboxylic acids is 2. The zero-order valence-corrected chi connectivity index (χ0v) is 14.4. The van der Waals surface area contributed by atoms with Crippen molar-refractivity contribution in [3.8, 4) is 0 Å². The van der Waals surface area contributed by atoms with E-state index in [1.165, 1.54) is 0 Å². The van der Waals surface area contributed by atoms with E-state index in [0.29, 0.717) is 10.6 Å². The summed E-state index contributed by atoms with van der Waals surface area (Å²) in [6, 6.07) is 12.9. The van der Waals surface area contributed by atoms with Gasteiger partial charge in [-0.05, 0) is 56.0 Å². The number of nitrogens with one attached hydrogen (secondary N) is 2. The first kappa shape index (κ1) is 16.5. The van der Waals surface area contributed by atoms with Crippen LogP contribution in [0, 0.1) is 13.8 Å². The Kier molecular flexibility index (Phi) is 4.33. The average Bonchev–Trinajstić information content (AvgIpc) is 3.35. The Bertz CT molecular complexity index is 796. The van der Waals surface area contributed by atoms with Crippen LogP contribution in [-0.4, -0.2) is 11.8 Å². The van der Waals surface area contributed by atoms with Crippen LogP contribution in [0.2, 0.25) is 5.02 Å². The maximum atomic E-state index is 12.5. The van der Waals surface area contributed by atoms with Crippen molar-refractivity contribution >= 4 is 23.4 Å². The van der Waals surface area contributed by atoms with Crippen LogP contribution >= 0.6 is 11.6 Å². The van der Waals surface area contributed by atoms with E-state index in [4.69, 9.17) is 11.6 Å². The largest absolute Gasteiger partial charge is 0.272 e. The number of aryl methyl sites for hydroxylation is 2. The van der Waals surface area contributed by atoms with E-state index in [1.807, 2.05) is 38.1 Å². The fourth-order valence-corrected chi connectivity index (χ4v) is 3.04. The van der Waals surface area contributed by atoms with E-state index in [0.717, 1.165) is 29.5 Å². The van der Waals surface area contributed by atoms with Gasteiger partial charge in [0, 0.05) is 10.6 Å². The maximum absolute atomic E-state index is 12.5. The lowest BCUT2D eigenvalue weighted by molar-refractivity contribution is -0.124. The van der Waals surface area contributed by atoms with Crippen molar-refractivity contribution in [1.29, 1.82) is 0 Å². The number of amides is 2. The maximum Gasteiger partial charge on any atom is 0.269 e. The molecule has 0 bridgehead atoms. The Hall–Kier alpha value is -2.33. The number of hydrazine groups is 1. The Labute approximate surface area is 146 Å². The van der Waals surface area contributed by atoms with E-state index >= 15 is 0 Å². The average molecular weight is 343 g/mol. The van der Waals surface area contributed by atoms with Gasteiger partial charge in [-0.2, -0.15) is 0 Å². The molecule has 2 amide bonds. The molecule has 1 aliphatic carbocycles. The van der Waals surface area contributed by atoms with Gasteiger partial charge < -0.3 is 0 Å². The fourth-order valence-electron chi connectivity index (χ4n) is 2.91. The molecule has 4 nitrogen and oxygen atoms in total. The predicted molar refractivity (Wildman–Crippen MR) is 93.9 cm³/mol. The minimum absolute atomic E-state index is 0.192. The van der Waals surface area contributed by atoms with Gasteiger partial charge in [-0.15, -0.1) is 0 Å². The molecule has 1 fully saturated rings. The summed E-state index contributed by atoms with van der Waals surface area (Å²) in [6.07, 6.45) is 1.53. The summed E-state index contributed by atoms with van der Waals surface area (Å²) in [5.41, 5.74) is 7.97. The van der Waals surface area contributed by atoms with Gasteiger partial charge in [0.1, 0.15) is 0 Å². The van der Waals surface area contributed by atoms with Gasteiger partial charge in [-0.25, -0.2) is 0 Å². The van der Waals surface area contributed by atoms with Gasteiger partial charge in [0.25, 0.3) is 5.91 Å². The molecule has 0 radical (unpaired) electrons. The molecule has 0 heterocycles. The van der Waals surface area contributed by atoms with Gasteiger partial charge in [0.15, 0.2) is 0 Å². The van der Waals surface area contributed by atoms with Crippen LogP contribution < -0.4 is 10.9 Å². The standard InChI is InChI=1S/C19H19ClN2O2/c1-12-3-8-16(13(2)11-12)17(23)21-22-18(24)19(9-10-19)14-4-6-15(20)7-5-14/h3-8,11H,9-10H2,1-2H3,(H,21,23)(H,22,24). The van der Waals surface area contributed by atoms with Gasteiger partial charge in [0.2, 0.25) is 5.91 Å². The van der Waals surface area contributed by atoms with Gasteiger partial charge in [-0.3, -0.25) is 20.4 Å². The van der Waals surface area contributed by atoms with Crippen LogP contribution in [-0.2, 0) is 10.2 Å². The first-order valence-electron chi connectivity index (χ1n) is 7.86. The van der Waals surface area contributed by atoms with Gasteiger partial charge in [0.05, 0.1) is 5.41 Å². The number of hydrogen-bond acceptors (Lipinski definition) is 2. The summed E-state index contributed by atoms with van der Waals surface area (Å²) < 4.78 is 0. The molecule has 0 atom stereocenters. The van der Waals surface area contributed by atoms with Crippen LogP contribution in [0.4, 0.5) is 0 Å². The summed E-state index contributed by atoms with van der Waals surface area (Å²) in [5.74, 6) is -0.504. The molecule has 5 heteroatoms. The van der Waals surface area contributed by atoms with Crippen molar-refractivity contribution in [2.24, 2.45) is 0 Å². The molecular weight excluding hydrogens is 324 g/mol. The van der Waals surface area contributed by atoms with Crippen molar-refractivity contribution in [3.63, 3.8) is 0 Å². The highest BCUT2D eigenvalue weighted by Crippen LogP contribution is 2.48. The molecule has 0 spiro atoms. The molecule has 124 valence electrons. The third kappa shape index (κ3) is 3.15. The monoisotopic (exact) mass is 342 g/mol. The van der Waals surface area contributed by atoms with E-state index in [-0.39, 0.29) is 11.8 Å². The van der Waals surface area contributed by atoms with E-state index < -0.39 is 5.41 Å². The number of benzene rings is 2. The predicted octanol–water partition coefficient (Wildman–Crippen LogP) is 3.45. The third-order valence-electron chi connectivity index (χ3n) is 4.50. The van der Waals surface area contributed by atoms with Crippen LogP contribution in [0.15, 0.2) is 42.5 Å². The second kappa shape index (κ2) is 6.29. The van der Waals surface area contributed by atoms with Crippen molar-refractivity contribution in [1.82, 2.24) is 10.9 Å². The van der Waals surface area contributed by atoms with Crippen molar-refractivity contribution in [2.45, 2.75) is 32.1 Å². The minimum atomic E-state index is -0.555. The Morgan fingerprint density at radius 1 is 1.00 bits per heavy atom. The summed E-state index contributed by atoms with van der Waals surface area (Å²) in [5, 5.41) is 0.637. The quantitative estimate of drug-likeness (QED) is 0.839. The molecule has 0 aromatic heterocycles. The van der Waals surface area contributed by atoms with Crippen molar-refractivity contribution < 1.29 is 9.59 Å².